The quantitative estimate of drug-likeness (QED) is 0.630. The Balaban J connectivity index is 2.19. The van der Waals surface area contributed by atoms with E-state index in [1.54, 1.807) is 0 Å². The zero-order chi connectivity index (χ0) is 15.6. The van der Waals surface area contributed by atoms with Crippen molar-refractivity contribution in [1.29, 1.82) is 0 Å². The lowest BCUT2D eigenvalue weighted by molar-refractivity contribution is 0.553. The summed E-state index contributed by atoms with van der Waals surface area (Å²) in [6, 6.07) is 11.8. The number of hydrogen-bond donors (Lipinski definition) is 0. The van der Waals surface area contributed by atoms with Crippen LogP contribution in [0.25, 0.3) is 0 Å². The van der Waals surface area contributed by atoms with Gasteiger partial charge in [-0.25, -0.2) is 8.78 Å². The van der Waals surface area contributed by atoms with Crippen LogP contribution in [0.15, 0.2) is 42.5 Å². The molecule has 0 saturated heterocycles. The Morgan fingerprint density at radius 2 is 1.48 bits per heavy atom. The lowest BCUT2D eigenvalue weighted by atomic mass is 9.86. The fraction of sp³-hybridized carbons (Fsp3) is 0.333. The zero-order valence-corrected chi connectivity index (χ0v) is 13.2. The van der Waals surface area contributed by atoms with E-state index in [2.05, 4.69) is 20.8 Å². The molecular formula is C18H19ClF2. The van der Waals surface area contributed by atoms with Crippen molar-refractivity contribution in [3.63, 3.8) is 0 Å². The van der Waals surface area contributed by atoms with Crippen molar-refractivity contribution >= 4 is 11.6 Å². The van der Waals surface area contributed by atoms with Gasteiger partial charge in [0, 0.05) is 5.56 Å². The molecule has 0 fully saturated rings. The van der Waals surface area contributed by atoms with Crippen molar-refractivity contribution in [2.75, 3.05) is 0 Å². The van der Waals surface area contributed by atoms with Crippen LogP contribution in [0.1, 0.15) is 42.8 Å². The minimum atomic E-state index is -0.549. The summed E-state index contributed by atoms with van der Waals surface area (Å²) in [6.45, 7) is 6.40. The Hall–Kier alpha value is -1.41. The highest BCUT2D eigenvalue weighted by molar-refractivity contribution is 6.20. The molecule has 1 atom stereocenters. The first kappa shape index (κ1) is 16.0. The molecule has 0 heterocycles. The van der Waals surface area contributed by atoms with Crippen LogP contribution in [0.3, 0.4) is 0 Å². The van der Waals surface area contributed by atoms with Gasteiger partial charge in [0.2, 0.25) is 0 Å². The molecule has 0 aromatic heterocycles. The summed E-state index contributed by atoms with van der Waals surface area (Å²) in [5, 5.41) is -0.453. The molecule has 3 heteroatoms. The van der Waals surface area contributed by atoms with Gasteiger partial charge >= 0.3 is 0 Å². The van der Waals surface area contributed by atoms with Crippen LogP contribution in [0.2, 0.25) is 0 Å². The third-order valence-corrected chi connectivity index (χ3v) is 3.99. The highest BCUT2D eigenvalue weighted by Crippen LogP contribution is 2.29. The fourth-order valence-corrected chi connectivity index (χ4v) is 2.52. The van der Waals surface area contributed by atoms with Gasteiger partial charge in [-0.2, -0.15) is 0 Å². The molecule has 2 rings (SSSR count). The van der Waals surface area contributed by atoms with Crippen molar-refractivity contribution in [1.82, 2.24) is 0 Å². The summed E-state index contributed by atoms with van der Waals surface area (Å²) in [5.41, 5.74) is 2.18. The molecule has 0 N–H and O–H groups in total. The predicted octanol–water partition coefficient (Wildman–Crippen LogP) is 5.78. The van der Waals surface area contributed by atoms with Crippen molar-refractivity contribution in [3.05, 3.63) is 70.8 Å². The Bertz CT molecular complexity index is 592. The van der Waals surface area contributed by atoms with Gasteiger partial charge in [0.25, 0.3) is 0 Å². The van der Waals surface area contributed by atoms with Crippen LogP contribution in [-0.2, 0) is 11.8 Å². The zero-order valence-electron chi connectivity index (χ0n) is 12.5. The second-order valence-corrected chi connectivity index (χ2v) is 6.77. The molecule has 0 radical (unpaired) electrons. The maximum atomic E-state index is 13.6. The van der Waals surface area contributed by atoms with E-state index in [9.17, 15) is 8.78 Å². The van der Waals surface area contributed by atoms with E-state index in [4.69, 9.17) is 11.6 Å². The van der Waals surface area contributed by atoms with E-state index in [-0.39, 0.29) is 17.4 Å². The number of alkyl halides is 1. The van der Waals surface area contributed by atoms with Gasteiger partial charge < -0.3 is 0 Å². The third kappa shape index (κ3) is 3.82. The molecule has 0 nitrogen and oxygen atoms in total. The Morgan fingerprint density at radius 1 is 0.952 bits per heavy atom. The van der Waals surface area contributed by atoms with E-state index >= 15 is 0 Å². The molecule has 2 aromatic rings. The van der Waals surface area contributed by atoms with E-state index in [1.807, 2.05) is 24.3 Å². The number of benzene rings is 2. The Labute approximate surface area is 129 Å². The minimum absolute atomic E-state index is 0.0393. The van der Waals surface area contributed by atoms with Gasteiger partial charge in [0.1, 0.15) is 11.6 Å². The lowest BCUT2D eigenvalue weighted by Gasteiger charge is -2.20. The molecule has 0 amide bonds. The van der Waals surface area contributed by atoms with Crippen LogP contribution >= 0.6 is 11.6 Å². The van der Waals surface area contributed by atoms with Crippen LogP contribution in [0, 0.1) is 11.6 Å². The van der Waals surface area contributed by atoms with Gasteiger partial charge in [-0.15, -0.1) is 11.6 Å². The second-order valence-electron chi connectivity index (χ2n) is 6.24. The number of rotatable bonds is 3. The summed E-state index contributed by atoms with van der Waals surface area (Å²) >= 11 is 6.32. The first-order valence-corrected chi connectivity index (χ1v) is 7.40. The van der Waals surface area contributed by atoms with Gasteiger partial charge in [0.05, 0.1) is 5.38 Å². The Kier molecular flexibility index (Phi) is 4.67. The molecule has 21 heavy (non-hydrogen) atoms. The first-order valence-electron chi connectivity index (χ1n) is 6.96. The van der Waals surface area contributed by atoms with Crippen LogP contribution in [-0.4, -0.2) is 0 Å². The molecule has 0 aliphatic carbocycles. The smallest absolute Gasteiger partial charge is 0.129 e. The topological polar surface area (TPSA) is 0 Å². The molecule has 0 aliphatic rings. The Morgan fingerprint density at radius 3 is 1.95 bits per heavy atom. The average molecular weight is 309 g/mol. The van der Waals surface area contributed by atoms with E-state index in [1.165, 1.54) is 23.8 Å². The molecule has 1 unspecified atom stereocenters. The minimum Gasteiger partial charge on any atom is -0.207 e. The molecule has 112 valence electrons. The van der Waals surface area contributed by atoms with Crippen molar-refractivity contribution < 1.29 is 8.78 Å². The summed E-state index contributed by atoms with van der Waals surface area (Å²) in [4.78, 5) is 0. The van der Waals surface area contributed by atoms with Crippen molar-refractivity contribution in [3.8, 4) is 0 Å². The van der Waals surface area contributed by atoms with E-state index in [0.717, 1.165) is 5.56 Å². The molecule has 0 spiro atoms. The number of halogens is 3. The van der Waals surface area contributed by atoms with Gasteiger partial charge in [-0.05, 0) is 35.1 Å². The van der Waals surface area contributed by atoms with Crippen molar-refractivity contribution in [2.45, 2.75) is 38.0 Å². The molecule has 0 bridgehead atoms. The highest BCUT2D eigenvalue weighted by atomic mass is 35.5. The highest BCUT2D eigenvalue weighted by Gasteiger charge is 2.17. The standard InChI is InChI=1S/C18H19ClF2/c1-18(2,3)13-9-7-12(8-10-13)15(19)11-14-16(20)5-4-6-17(14)21/h4-10,15H,11H2,1-3H3. The monoisotopic (exact) mass is 308 g/mol. The van der Waals surface area contributed by atoms with E-state index in [0.29, 0.717) is 0 Å². The molecular weight excluding hydrogens is 290 g/mol. The fourth-order valence-electron chi connectivity index (χ4n) is 2.22. The largest absolute Gasteiger partial charge is 0.207 e. The summed E-state index contributed by atoms with van der Waals surface area (Å²) in [7, 11) is 0. The third-order valence-electron chi connectivity index (χ3n) is 3.58. The average Bonchev–Trinajstić information content (AvgIpc) is 2.42. The predicted molar refractivity (Wildman–Crippen MR) is 83.8 cm³/mol. The van der Waals surface area contributed by atoms with Gasteiger partial charge in [0.15, 0.2) is 0 Å². The maximum absolute atomic E-state index is 13.6. The first-order chi connectivity index (χ1) is 9.79. The van der Waals surface area contributed by atoms with Crippen LogP contribution in [0.5, 0.6) is 0 Å². The normalized spacial score (nSPS) is 13.2. The van der Waals surface area contributed by atoms with Gasteiger partial charge in [-0.1, -0.05) is 51.1 Å². The lowest BCUT2D eigenvalue weighted by Crippen LogP contribution is -2.11. The second kappa shape index (κ2) is 6.15. The molecule has 0 saturated carbocycles. The van der Waals surface area contributed by atoms with Crippen LogP contribution < -0.4 is 0 Å². The SMILES string of the molecule is CC(C)(C)c1ccc(C(Cl)Cc2c(F)cccc2F)cc1. The molecule has 0 aliphatic heterocycles. The number of hydrogen-bond acceptors (Lipinski definition) is 0. The summed E-state index contributed by atoms with van der Waals surface area (Å²) in [5.74, 6) is -1.10. The van der Waals surface area contributed by atoms with Gasteiger partial charge in [-0.3, -0.25) is 0 Å². The summed E-state index contributed by atoms with van der Waals surface area (Å²) < 4.78 is 27.3. The van der Waals surface area contributed by atoms with E-state index < -0.39 is 17.0 Å². The summed E-state index contributed by atoms with van der Waals surface area (Å²) in [6.07, 6.45) is 0.134. The molecule has 2 aromatic carbocycles. The van der Waals surface area contributed by atoms with Crippen LogP contribution in [0.4, 0.5) is 8.78 Å². The maximum Gasteiger partial charge on any atom is 0.129 e. The van der Waals surface area contributed by atoms with Crippen molar-refractivity contribution in [2.24, 2.45) is 0 Å².